The van der Waals surface area contributed by atoms with Gasteiger partial charge in [0.2, 0.25) is 0 Å². The van der Waals surface area contributed by atoms with Gasteiger partial charge in [-0.3, -0.25) is 9.52 Å². The lowest BCUT2D eigenvalue weighted by Gasteiger charge is -2.14. The molecular formula is C22H27FN2O3S. The van der Waals surface area contributed by atoms with Crippen LogP contribution in [-0.4, -0.2) is 20.9 Å². The molecule has 2 aromatic rings. The molecule has 0 heterocycles. The first-order chi connectivity index (χ1) is 13.9. The molecule has 156 valence electrons. The minimum atomic E-state index is -3.88. The molecule has 2 N–H and O–H groups in total. The lowest BCUT2D eigenvalue weighted by atomic mass is 9.97. The van der Waals surface area contributed by atoms with Crippen molar-refractivity contribution in [2.24, 2.45) is 5.92 Å². The van der Waals surface area contributed by atoms with Crippen molar-refractivity contribution < 1.29 is 17.6 Å². The molecule has 0 aliphatic heterocycles. The molecule has 0 aromatic heterocycles. The van der Waals surface area contributed by atoms with E-state index < -0.39 is 15.8 Å². The van der Waals surface area contributed by atoms with Crippen molar-refractivity contribution in [3.05, 3.63) is 59.9 Å². The highest BCUT2D eigenvalue weighted by Gasteiger charge is 2.17. The number of rotatable bonds is 7. The molecule has 1 saturated carbocycles. The Kier molecular flexibility index (Phi) is 7.25. The Hall–Kier alpha value is -2.41. The second kappa shape index (κ2) is 9.87. The monoisotopic (exact) mass is 418 g/mol. The van der Waals surface area contributed by atoms with Gasteiger partial charge in [0.15, 0.2) is 0 Å². The van der Waals surface area contributed by atoms with Crippen molar-refractivity contribution in [1.29, 1.82) is 0 Å². The molecular weight excluding hydrogens is 391 g/mol. The summed E-state index contributed by atoms with van der Waals surface area (Å²) in [6.45, 7) is 0.592. The fourth-order valence-electron chi connectivity index (χ4n) is 3.68. The predicted molar refractivity (Wildman–Crippen MR) is 112 cm³/mol. The molecule has 0 atom stereocenters. The summed E-state index contributed by atoms with van der Waals surface area (Å²) in [5.74, 6) is -0.0719. The number of sulfonamides is 1. The van der Waals surface area contributed by atoms with E-state index in [0.717, 1.165) is 6.42 Å². The van der Waals surface area contributed by atoms with Gasteiger partial charge in [-0.25, -0.2) is 12.8 Å². The zero-order valence-electron chi connectivity index (χ0n) is 16.4. The first-order valence-corrected chi connectivity index (χ1v) is 11.6. The third kappa shape index (κ3) is 6.29. The quantitative estimate of drug-likeness (QED) is 0.639. The van der Waals surface area contributed by atoms with Gasteiger partial charge in [0.05, 0.1) is 4.90 Å². The Morgan fingerprint density at radius 2 is 1.69 bits per heavy atom. The number of carbonyl (C=O) groups is 1. The van der Waals surface area contributed by atoms with Crippen LogP contribution >= 0.6 is 0 Å². The Morgan fingerprint density at radius 3 is 2.38 bits per heavy atom. The summed E-state index contributed by atoms with van der Waals surface area (Å²) in [5, 5.41) is 2.91. The van der Waals surface area contributed by atoms with Crippen LogP contribution in [0.25, 0.3) is 0 Å². The van der Waals surface area contributed by atoms with Crippen LogP contribution in [0, 0.1) is 11.7 Å². The lowest BCUT2D eigenvalue weighted by molar-refractivity contribution is 0.0950. The average Bonchev–Trinajstić information content (AvgIpc) is 2.98. The van der Waals surface area contributed by atoms with E-state index in [1.807, 2.05) is 0 Å². The summed E-state index contributed by atoms with van der Waals surface area (Å²) in [5.41, 5.74) is 0.553. The normalized spacial score (nSPS) is 15.5. The standard InChI is InChI=1S/C22H27FN2O3S/c23-19-10-12-20(13-11-19)25-29(27,28)21-9-5-8-18(16-21)22(26)24-15-14-17-6-3-1-2-4-7-17/h5,8-13,16-17,25H,1-4,6-7,14-15H2,(H,24,26). The maximum absolute atomic E-state index is 13.0. The number of halogens is 1. The molecule has 0 radical (unpaired) electrons. The maximum atomic E-state index is 13.0. The van der Waals surface area contributed by atoms with Crippen molar-refractivity contribution in [2.75, 3.05) is 11.3 Å². The summed E-state index contributed by atoms with van der Waals surface area (Å²) in [4.78, 5) is 12.4. The summed E-state index contributed by atoms with van der Waals surface area (Å²) >= 11 is 0. The van der Waals surface area contributed by atoms with Gasteiger partial charge >= 0.3 is 0 Å². The van der Waals surface area contributed by atoms with E-state index in [0.29, 0.717) is 18.0 Å². The zero-order valence-corrected chi connectivity index (χ0v) is 17.2. The van der Waals surface area contributed by atoms with E-state index >= 15 is 0 Å². The summed E-state index contributed by atoms with van der Waals surface area (Å²) < 4.78 is 40.6. The van der Waals surface area contributed by atoms with Crippen molar-refractivity contribution in [1.82, 2.24) is 5.32 Å². The molecule has 0 bridgehead atoms. The first kappa shape index (κ1) is 21.3. The summed E-state index contributed by atoms with van der Waals surface area (Å²) in [6, 6.07) is 11.0. The van der Waals surface area contributed by atoms with E-state index in [-0.39, 0.29) is 16.5 Å². The molecule has 29 heavy (non-hydrogen) atoms. The van der Waals surface area contributed by atoms with Gasteiger partial charge in [-0.05, 0) is 54.8 Å². The summed E-state index contributed by atoms with van der Waals surface area (Å²) in [6.07, 6.45) is 8.53. The highest BCUT2D eigenvalue weighted by atomic mass is 32.2. The van der Waals surface area contributed by atoms with Crippen LogP contribution in [0.3, 0.4) is 0 Å². The van der Waals surface area contributed by atoms with Gasteiger partial charge in [0, 0.05) is 17.8 Å². The van der Waals surface area contributed by atoms with E-state index in [1.165, 1.54) is 74.9 Å². The van der Waals surface area contributed by atoms with Gasteiger partial charge in [0.25, 0.3) is 15.9 Å². The van der Waals surface area contributed by atoms with Crippen molar-refractivity contribution in [3.63, 3.8) is 0 Å². The Bertz CT molecular complexity index is 921. The number of nitrogens with one attached hydrogen (secondary N) is 2. The van der Waals surface area contributed by atoms with Crippen LogP contribution in [0.4, 0.5) is 10.1 Å². The Labute approximate surface area is 171 Å². The number of anilines is 1. The molecule has 0 unspecified atom stereocenters. The molecule has 1 amide bonds. The van der Waals surface area contributed by atoms with Crippen LogP contribution in [0.15, 0.2) is 53.4 Å². The molecule has 1 fully saturated rings. The zero-order chi connectivity index (χ0) is 20.7. The predicted octanol–water partition coefficient (Wildman–Crippen LogP) is 4.72. The van der Waals surface area contributed by atoms with Gasteiger partial charge in [0.1, 0.15) is 5.82 Å². The maximum Gasteiger partial charge on any atom is 0.261 e. The molecule has 1 aliphatic rings. The number of amides is 1. The molecule has 2 aromatic carbocycles. The van der Waals surface area contributed by atoms with E-state index in [9.17, 15) is 17.6 Å². The minimum Gasteiger partial charge on any atom is -0.352 e. The average molecular weight is 419 g/mol. The Balaban J connectivity index is 1.60. The minimum absolute atomic E-state index is 0.0155. The highest BCUT2D eigenvalue weighted by molar-refractivity contribution is 7.92. The number of benzene rings is 2. The molecule has 7 heteroatoms. The van der Waals surface area contributed by atoms with Crippen LogP contribution in [0.2, 0.25) is 0 Å². The van der Waals surface area contributed by atoms with E-state index in [4.69, 9.17) is 0 Å². The molecule has 0 spiro atoms. The van der Waals surface area contributed by atoms with Crippen LogP contribution in [-0.2, 0) is 10.0 Å². The van der Waals surface area contributed by atoms with Crippen molar-refractivity contribution in [2.45, 2.75) is 49.8 Å². The number of carbonyl (C=O) groups excluding carboxylic acids is 1. The van der Waals surface area contributed by atoms with Crippen LogP contribution in [0.5, 0.6) is 0 Å². The topological polar surface area (TPSA) is 75.3 Å². The van der Waals surface area contributed by atoms with E-state index in [2.05, 4.69) is 10.0 Å². The molecule has 3 rings (SSSR count). The van der Waals surface area contributed by atoms with Gasteiger partial charge in [-0.2, -0.15) is 0 Å². The van der Waals surface area contributed by atoms with E-state index in [1.54, 1.807) is 12.1 Å². The SMILES string of the molecule is O=C(NCCC1CCCCCC1)c1cccc(S(=O)(=O)Nc2ccc(F)cc2)c1. The van der Waals surface area contributed by atoms with Crippen LogP contribution in [0.1, 0.15) is 55.3 Å². The van der Waals surface area contributed by atoms with Gasteiger partial charge in [-0.1, -0.05) is 44.6 Å². The highest BCUT2D eigenvalue weighted by Crippen LogP contribution is 2.25. The fourth-order valence-corrected chi connectivity index (χ4v) is 4.79. The van der Waals surface area contributed by atoms with Crippen LogP contribution < -0.4 is 10.0 Å². The van der Waals surface area contributed by atoms with Gasteiger partial charge in [-0.15, -0.1) is 0 Å². The van der Waals surface area contributed by atoms with Crippen molar-refractivity contribution in [3.8, 4) is 0 Å². The molecule has 1 aliphatic carbocycles. The number of hydrogen-bond donors (Lipinski definition) is 2. The second-order valence-electron chi connectivity index (χ2n) is 7.54. The Morgan fingerprint density at radius 1 is 1.00 bits per heavy atom. The van der Waals surface area contributed by atoms with Gasteiger partial charge < -0.3 is 5.32 Å². The fraction of sp³-hybridized carbons (Fsp3) is 0.409. The third-order valence-electron chi connectivity index (χ3n) is 5.32. The van der Waals surface area contributed by atoms with Crippen molar-refractivity contribution >= 4 is 21.6 Å². The second-order valence-corrected chi connectivity index (χ2v) is 9.22. The smallest absolute Gasteiger partial charge is 0.261 e. The molecule has 0 saturated heterocycles. The molecule has 5 nitrogen and oxygen atoms in total. The lowest BCUT2D eigenvalue weighted by Crippen LogP contribution is -2.26. The number of hydrogen-bond acceptors (Lipinski definition) is 3. The summed E-state index contributed by atoms with van der Waals surface area (Å²) in [7, 11) is -3.88. The largest absolute Gasteiger partial charge is 0.352 e. The first-order valence-electron chi connectivity index (χ1n) is 10.1. The third-order valence-corrected chi connectivity index (χ3v) is 6.69.